The number of benzene rings is 1. The summed E-state index contributed by atoms with van der Waals surface area (Å²) in [6.45, 7) is 7.79. The monoisotopic (exact) mass is 278 g/mol. The minimum atomic E-state index is 0.0766. The van der Waals surface area contributed by atoms with Gasteiger partial charge in [0.1, 0.15) is 0 Å². The van der Waals surface area contributed by atoms with E-state index in [9.17, 15) is 4.79 Å². The molecule has 104 valence electrons. The maximum atomic E-state index is 11.2. The van der Waals surface area contributed by atoms with E-state index in [1.54, 1.807) is 6.92 Å². The van der Waals surface area contributed by atoms with Crippen molar-refractivity contribution in [3.05, 3.63) is 29.8 Å². The van der Waals surface area contributed by atoms with Crippen molar-refractivity contribution < 1.29 is 4.79 Å². The fourth-order valence-electron chi connectivity index (χ4n) is 1.85. The molecule has 0 saturated carbocycles. The second-order valence-electron chi connectivity index (χ2n) is 4.55. The number of thiocarbonyl (C=S) groups is 1. The predicted octanol–water partition coefficient (Wildman–Crippen LogP) is 3.71. The zero-order valence-electron chi connectivity index (χ0n) is 11.9. The molecule has 1 aromatic carbocycles. The number of carbonyl (C=O) groups excluding carboxylic acids is 1. The van der Waals surface area contributed by atoms with Crippen molar-refractivity contribution in [3.63, 3.8) is 0 Å². The Morgan fingerprint density at radius 3 is 2.11 bits per heavy atom. The molecule has 19 heavy (non-hydrogen) atoms. The van der Waals surface area contributed by atoms with Crippen LogP contribution in [0.4, 0.5) is 5.69 Å². The summed E-state index contributed by atoms with van der Waals surface area (Å²) in [6.07, 6.45) is 2.15. The fourth-order valence-corrected chi connectivity index (χ4v) is 2.15. The van der Waals surface area contributed by atoms with E-state index in [0.717, 1.165) is 42.3 Å². The number of hydrogen-bond acceptors (Lipinski definition) is 2. The lowest BCUT2D eigenvalue weighted by Gasteiger charge is -2.25. The molecule has 0 aromatic heterocycles. The molecule has 0 aliphatic rings. The molecule has 0 heterocycles. The predicted molar refractivity (Wildman–Crippen MR) is 84.8 cm³/mol. The molecular weight excluding hydrogens is 256 g/mol. The van der Waals surface area contributed by atoms with Gasteiger partial charge >= 0.3 is 0 Å². The summed E-state index contributed by atoms with van der Waals surface area (Å²) in [5.41, 5.74) is 1.64. The molecule has 0 amide bonds. The Morgan fingerprint density at radius 1 is 1.16 bits per heavy atom. The standard InChI is InChI=1S/C15H22N2OS/c1-4-10-17(11-5-2)15(19)16-14-8-6-13(7-9-14)12(3)18/h6-9H,4-5,10-11H2,1-3H3,(H,16,19). The summed E-state index contributed by atoms with van der Waals surface area (Å²) >= 11 is 5.42. The van der Waals surface area contributed by atoms with Crippen molar-refractivity contribution in [2.45, 2.75) is 33.6 Å². The lowest BCUT2D eigenvalue weighted by molar-refractivity contribution is 0.101. The number of nitrogens with one attached hydrogen (secondary N) is 1. The van der Waals surface area contributed by atoms with Crippen molar-refractivity contribution in [3.8, 4) is 0 Å². The molecule has 1 rings (SSSR count). The van der Waals surface area contributed by atoms with Crippen LogP contribution in [0.2, 0.25) is 0 Å². The third kappa shape index (κ3) is 4.99. The second kappa shape index (κ2) is 7.89. The zero-order valence-corrected chi connectivity index (χ0v) is 12.7. The van der Waals surface area contributed by atoms with E-state index in [1.165, 1.54) is 0 Å². The Labute approximate surface area is 121 Å². The van der Waals surface area contributed by atoms with E-state index in [4.69, 9.17) is 12.2 Å². The van der Waals surface area contributed by atoms with Crippen LogP contribution in [0.15, 0.2) is 24.3 Å². The Morgan fingerprint density at radius 2 is 1.68 bits per heavy atom. The highest BCUT2D eigenvalue weighted by molar-refractivity contribution is 7.80. The summed E-state index contributed by atoms with van der Waals surface area (Å²) in [5, 5.41) is 3.97. The van der Waals surface area contributed by atoms with Crippen molar-refractivity contribution in [2.75, 3.05) is 18.4 Å². The highest BCUT2D eigenvalue weighted by Gasteiger charge is 2.08. The van der Waals surface area contributed by atoms with Gasteiger partial charge in [0.05, 0.1) is 0 Å². The Balaban J connectivity index is 2.66. The van der Waals surface area contributed by atoms with E-state index >= 15 is 0 Å². The molecule has 0 aliphatic heterocycles. The average Bonchev–Trinajstić information content (AvgIpc) is 2.39. The van der Waals surface area contributed by atoms with Crippen molar-refractivity contribution in [1.82, 2.24) is 4.90 Å². The minimum absolute atomic E-state index is 0.0766. The second-order valence-corrected chi connectivity index (χ2v) is 4.94. The number of Topliss-reactive ketones (excluding diaryl/α,β-unsaturated/α-hetero) is 1. The summed E-state index contributed by atoms with van der Waals surface area (Å²) in [6, 6.07) is 7.41. The first-order chi connectivity index (χ1) is 9.08. The zero-order chi connectivity index (χ0) is 14.3. The smallest absolute Gasteiger partial charge is 0.173 e. The van der Waals surface area contributed by atoms with Crippen molar-refractivity contribution in [2.24, 2.45) is 0 Å². The number of ketones is 1. The molecule has 0 saturated heterocycles. The summed E-state index contributed by atoms with van der Waals surface area (Å²) in [5.74, 6) is 0.0766. The molecule has 0 spiro atoms. The number of carbonyl (C=O) groups is 1. The normalized spacial score (nSPS) is 10.1. The third-order valence-corrected chi connectivity index (χ3v) is 3.18. The number of hydrogen-bond donors (Lipinski definition) is 1. The molecule has 4 heteroatoms. The highest BCUT2D eigenvalue weighted by Crippen LogP contribution is 2.11. The first-order valence-electron chi connectivity index (χ1n) is 6.75. The SMILES string of the molecule is CCCN(CCC)C(=S)Nc1ccc(C(C)=O)cc1. The first-order valence-corrected chi connectivity index (χ1v) is 7.16. The molecule has 1 N–H and O–H groups in total. The van der Waals surface area contributed by atoms with Gasteiger partial charge in [-0.1, -0.05) is 13.8 Å². The summed E-state index contributed by atoms with van der Waals surface area (Å²) in [4.78, 5) is 13.4. The van der Waals surface area contributed by atoms with Gasteiger partial charge in [-0.25, -0.2) is 0 Å². The van der Waals surface area contributed by atoms with E-state index in [2.05, 4.69) is 24.1 Å². The van der Waals surface area contributed by atoms with Crippen LogP contribution >= 0.6 is 12.2 Å². The average molecular weight is 278 g/mol. The lowest BCUT2D eigenvalue weighted by Crippen LogP contribution is -2.35. The van der Waals surface area contributed by atoms with Gasteiger partial charge in [-0.05, 0) is 56.2 Å². The van der Waals surface area contributed by atoms with Gasteiger partial charge in [0, 0.05) is 24.3 Å². The van der Waals surface area contributed by atoms with Gasteiger partial charge in [-0.3, -0.25) is 4.79 Å². The maximum absolute atomic E-state index is 11.2. The quantitative estimate of drug-likeness (QED) is 0.635. The maximum Gasteiger partial charge on any atom is 0.173 e. The fraction of sp³-hybridized carbons (Fsp3) is 0.467. The van der Waals surface area contributed by atoms with Crippen LogP contribution in [0.25, 0.3) is 0 Å². The van der Waals surface area contributed by atoms with Gasteiger partial charge in [0.15, 0.2) is 10.9 Å². The van der Waals surface area contributed by atoms with Crippen LogP contribution in [-0.4, -0.2) is 28.9 Å². The molecule has 0 aliphatic carbocycles. The largest absolute Gasteiger partial charge is 0.349 e. The van der Waals surface area contributed by atoms with Crippen LogP contribution in [0.1, 0.15) is 44.0 Å². The van der Waals surface area contributed by atoms with Crippen LogP contribution in [0.5, 0.6) is 0 Å². The van der Waals surface area contributed by atoms with Gasteiger partial charge in [-0.15, -0.1) is 0 Å². The molecule has 3 nitrogen and oxygen atoms in total. The van der Waals surface area contributed by atoms with E-state index in [1.807, 2.05) is 24.3 Å². The van der Waals surface area contributed by atoms with Crippen LogP contribution in [0.3, 0.4) is 0 Å². The van der Waals surface area contributed by atoms with Crippen molar-refractivity contribution in [1.29, 1.82) is 0 Å². The van der Waals surface area contributed by atoms with E-state index < -0.39 is 0 Å². The molecule has 0 unspecified atom stereocenters. The topological polar surface area (TPSA) is 32.3 Å². The molecule has 1 aromatic rings. The van der Waals surface area contributed by atoms with Crippen molar-refractivity contribution >= 4 is 28.8 Å². The highest BCUT2D eigenvalue weighted by atomic mass is 32.1. The van der Waals surface area contributed by atoms with Crippen LogP contribution in [-0.2, 0) is 0 Å². The Kier molecular flexibility index (Phi) is 6.50. The minimum Gasteiger partial charge on any atom is -0.349 e. The van der Waals surface area contributed by atoms with Gasteiger partial charge < -0.3 is 10.2 Å². The summed E-state index contributed by atoms with van der Waals surface area (Å²) < 4.78 is 0. The van der Waals surface area contributed by atoms with Gasteiger partial charge in [0.2, 0.25) is 0 Å². The van der Waals surface area contributed by atoms with Gasteiger partial charge in [-0.2, -0.15) is 0 Å². The third-order valence-electron chi connectivity index (χ3n) is 2.82. The molecule has 0 fully saturated rings. The van der Waals surface area contributed by atoms with E-state index in [0.29, 0.717) is 0 Å². The Hall–Kier alpha value is -1.42. The number of rotatable bonds is 6. The molecule has 0 atom stereocenters. The Bertz CT molecular complexity index is 422. The van der Waals surface area contributed by atoms with Crippen LogP contribution in [0, 0.1) is 0 Å². The number of anilines is 1. The molecule has 0 bridgehead atoms. The number of nitrogens with zero attached hydrogens (tertiary/aromatic N) is 1. The van der Waals surface area contributed by atoms with E-state index in [-0.39, 0.29) is 5.78 Å². The summed E-state index contributed by atoms with van der Waals surface area (Å²) in [7, 11) is 0. The first kappa shape index (κ1) is 15.6. The molecule has 0 radical (unpaired) electrons. The molecular formula is C15H22N2OS. The van der Waals surface area contributed by atoms with Gasteiger partial charge in [0.25, 0.3) is 0 Å². The lowest BCUT2D eigenvalue weighted by atomic mass is 10.1. The van der Waals surface area contributed by atoms with Crippen LogP contribution < -0.4 is 5.32 Å².